The van der Waals surface area contributed by atoms with Crippen molar-refractivity contribution in [2.24, 2.45) is 0 Å². The van der Waals surface area contributed by atoms with Gasteiger partial charge in [-0.05, 0) is 30.5 Å². The second-order valence-electron chi connectivity index (χ2n) is 8.16. The quantitative estimate of drug-likeness (QED) is 0.773. The third kappa shape index (κ3) is 5.81. The summed E-state index contributed by atoms with van der Waals surface area (Å²) in [6.45, 7) is 11.4. The van der Waals surface area contributed by atoms with E-state index in [-0.39, 0.29) is 5.91 Å². The van der Waals surface area contributed by atoms with Crippen LogP contribution in [-0.2, 0) is 11.3 Å². The molecular formula is C24H33N3O2. The Balaban J connectivity index is 1.50. The molecule has 1 N–H and O–H groups in total. The van der Waals surface area contributed by atoms with Crippen molar-refractivity contribution in [3.05, 3.63) is 59.2 Å². The Morgan fingerprint density at radius 3 is 2.45 bits per heavy atom. The lowest BCUT2D eigenvalue weighted by Gasteiger charge is -2.34. The van der Waals surface area contributed by atoms with E-state index in [1.54, 1.807) is 7.11 Å². The predicted octanol–water partition coefficient (Wildman–Crippen LogP) is 3.88. The van der Waals surface area contributed by atoms with Crippen LogP contribution >= 0.6 is 0 Å². The minimum atomic E-state index is 0.0619. The van der Waals surface area contributed by atoms with Crippen LogP contribution in [0.4, 0.5) is 5.69 Å². The summed E-state index contributed by atoms with van der Waals surface area (Å²) in [5.41, 5.74) is 4.58. The molecular weight excluding hydrogens is 362 g/mol. The number of hydrogen-bond donors (Lipinski definition) is 1. The van der Waals surface area contributed by atoms with Crippen LogP contribution < -0.4 is 10.1 Å². The molecule has 2 aromatic rings. The van der Waals surface area contributed by atoms with Crippen molar-refractivity contribution >= 4 is 11.6 Å². The van der Waals surface area contributed by atoms with Crippen molar-refractivity contribution in [1.82, 2.24) is 9.80 Å². The van der Waals surface area contributed by atoms with Crippen LogP contribution in [0.1, 0.15) is 36.5 Å². The molecule has 3 rings (SSSR count). The van der Waals surface area contributed by atoms with Gasteiger partial charge in [-0.3, -0.25) is 14.6 Å². The molecule has 0 saturated carbocycles. The van der Waals surface area contributed by atoms with Gasteiger partial charge in [0.1, 0.15) is 5.75 Å². The smallest absolute Gasteiger partial charge is 0.238 e. The number of rotatable bonds is 7. The molecule has 1 fully saturated rings. The largest absolute Gasteiger partial charge is 0.496 e. The number of ether oxygens (including phenoxy) is 1. The molecule has 0 unspecified atom stereocenters. The summed E-state index contributed by atoms with van der Waals surface area (Å²) in [6, 6.07) is 14.4. The van der Waals surface area contributed by atoms with Gasteiger partial charge in [0.05, 0.1) is 13.7 Å². The van der Waals surface area contributed by atoms with E-state index >= 15 is 0 Å². The van der Waals surface area contributed by atoms with Gasteiger partial charge >= 0.3 is 0 Å². The molecule has 0 aromatic heterocycles. The van der Waals surface area contributed by atoms with Gasteiger partial charge in [-0.25, -0.2) is 0 Å². The van der Waals surface area contributed by atoms with Gasteiger partial charge in [0.25, 0.3) is 0 Å². The standard InChI is InChI=1S/C24H33N3O2/c1-18(2)21-7-5-6-8-22(21)25-24(28)17-27-13-11-26(12-14-27)16-20-15-19(3)9-10-23(20)29-4/h5-10,15,18H,11-14,16-17H2,1-4H3,(H,25,28). The van der Waals surface area contributed by atoms with Crippen LogP contribution in [0.5, 0.6) is 5.75 Å². The monoisotopic (exact) mass is 395 g/mol. The van der Waals surface area contributed by atoms with Crippen LogP contribution in [0.3, 0.4) is 0 Å². The van der Waals surface area contributed by atoms with E-state index in [0.29, 0.717) is 12.5 Å². The lowest BCUT2D eigenvalue weighted by Crippen LogP contribution is -2.48. The minimum Gasteiger partial charge on any atom is -0.496 e. The Kier molecular flexibility index (Phi) is 7.29. The number of benzene rings is 2. The number of nitrogens with one attached hydrogen (secondary N) is 1. The van der Waals surface area contributed by atoms with Crippen molar-refractivity contribution in [1.29, 1.82) is 0 Å². The first-order chi connectivity index (χ1) is 14.0. The second kappa shape index (κ2) is 9.90. The van der Waals surface area contributed by atoms with Crippen molar-refractivity contribution in [2.75, 3.05) is 45.2 Å². The fourth-order valence-electron chi connectivity index (χ4n) is 3.88. The highest BCUT2D eigenvalue weighted by Gasteiger charge is 2.20. The first-order valence-corrected chi connectivity index (χ1v) is 10.4. The van der Waals surface area contributed by atoms with Gasteiger partial charge in [0.15, 0.2) is 0 Å². The molecule has 1 amide bonds. The van der Waals surface area contributed by atoms with Crippen molar-refractivity contribution in [3.8, 4) is 5.75 Å². The maximum atomic E-state index is 12.6. The van der Waals surface area contributed by atoms with Crippen LogP contribution in [0.2, 0.25) is 0 Å². The highest BCUT2D eigenvalue weighted by Crippen LogP contribution is 2.24. The highest BCUT2D eigenvalue weighted by atomic mass is 16.5. The van der Waals surface area contributed by atoms with Gasteiger partial charge in [-0.15, -0.1) is 0 Å². The summed E-state index contributed by atoms with van der Waals surface area (Å²) in [5.74, 6) is 1.39. The fourth-order valence-corrected chi connectivity index (χ4v) is 3.88. The average molecular weight is 396 g/mol. The number of aryl methyl sites for hydroxylation is 1. The van der Waals surface area contributed by atoms with Gasteiger partial charge in [0.2, 0.25) is 5.91 Å². The zero-order valence-electron chi connectivity index (χ0n) is 18.1. The molecule has 1 saturated heterocycles. The number of carbonyl (C=O) groups excluding carboxylic acids is 1. The van der Waals surface area contributed by atoms with Gasteiger partial charge in [0, 0.05) is 44.0 Å². The van der Waals surface area contributed by atoms with E-state index in [4.69, 9.17) is 4.74 Å². The van der Waals surface area contributed by atoms with E-state index in [9.17, 15) is 4.79 Å². The highest BCUT2D eigenvalue weighted by molar-refractivity contribution is 5.93. The summed E-state index contributed by atoms with van der Waals surface area (Å²) >= 11 is 0. The third-order valence-corrected chi connectivity index (χ3v) is 5.52. The number of nitrogens with zero attached hydrogens (tertiary/aromatic N) is 2. The molecule has 0 bridgehead atoms. The number of anilines is 1. The fraction of sp³-hybridized carbons (Fsp3) is 0.458. The first-order valence-electron chi connectivity index (χ1n) is 10.4. The molecule has 0 atom stereocenters. The van der Waals surface area contributed by atoms with Crippen LogP contribution in [0.25, 0.3) is 0 Å². The molecule has 0 radical (unpaired) electrons. The van der Waals surface area contributed by atoms with Gasteiger partial charge < -0.3 is 10.1 Å². The molecule has 5 heteroatoms. The maximum Gasteiger partial charge on any atom is 0.238 e. The normalized spacial score (nSPS) is 15.5. The predicted molar refractivity (Wildman–Crippen MR) is 119 cm³/mol. The summed E-state index contributed by atoms with van der Waals surface area (Å²) in [6.07, 6.45) is 0. The molecule has 0 spiro atoms. The molecule has 0 aliphatic carbocycles. The average Bonchev–Trinajstić information content (AvgIpc) is 2.70. The lowest BCUT2D eigenvalue weighted by atomic mass is 10.0. The van der Waals surface area contributed by atoms with E-state index < -0.39 is 0 Å². The SMILES string of the molecule is COc1ccc(C)cc1CN1CCN(CC(=O)Nc2ccccc2C(C)C)CC1. The Morgan fingerprint density at radius 2 is 1.76 bits per heavy atom. The molecule has 1 aliphatic rings. The number of carbonyl (C=O) groups is 1. The second-order valence-corrected chi connectivity index (χ2v) is 8.16. The lowest BCUT2D eigenvalue weighted by molar-refractivity contribution is -0.117. The van der Waals surface area contributed by atoms with Crippen molar-refractivity contribution in [3.63, 3.8) is 0 Å². The molecule has 1 aliphatic heterocycles. The van der Waals surface area contributed by atoms with E-state index in [1.807, 2.05) is 24.3 Å². The van der Waals surface area contributed by atoms with Gasteiger partial charge in [-0.2, -0.15) is 0 Å². The number of hydrogen-bond acceptors (Lipinski definition) is 4. The molecule has 5 nitrogen and oxygen atoms in total. The van der Waals surface area contributed by atoms with E-state index in [2.05, 4.69) is 54.1 Å². The van der Waals surface area contributed by atoms with Crippen molar-refractivity contribution in [2.45, 2.75) is 33.2 Å². The first kappa shape index (κ1) is 21.3. The van der Waals surface area contributed by atoms with Crippen LogP contribution in [0, 0.1) is 6.92 Å². The zero-order chi connectivity index (χ0) is 20.8. The minimum absolute atomic E-state index is 0.0619. The molecule has 1 heterocycles. The summed E-state index contributed by atoms with van der Waals surface area (Å²) in [7, 11) is 1.72. The Bertz CT molecular complexity index is 827. The topological polar surface area (TPSA) is 44.8 Å². The molecule has 2 aromatic carbocycles. The van der Waals surface area contributed by atoms with Crippen LogP contribution in [-0.4, -0.2) is 55.5 Å². The third-order valence-electron chi connectivity index (χ3n) is 5.52. The van der Waals surface area contributed by atoms with E-state index in [0.717, 1.165) is 44.2 Å². The Labute approximate surface area is 174 Å². The van der Waals surface area contributed by atoms with E-state index in [1.165, 1.54) is 16.7 Å². The van der Waals surface area contributed by atoms with Crippen LogP contribution in [0.15, 0.2) is 42.5 Å². The number of piperazine rings is 1. The van der Waals surface area contributed by atoms with Crippen molar-refractivity contribution < 1.29 is 9.53 Å². The number of para-hydroxylation sites is 1. The Morgan fingerprint density at radius 1 is 1.07 bits per heavy atom. The molecule has 29 heavy (non-hydrogen) atoms. The summed E-state index contributed by atoms with van der Waals surface area (Å²) < 4.78 is 5.51. The Hall–Kier alpha value is -2.37. The number of amides is 1. The summed E-state index contributed by atoms with van der Waals surface area (Å²) in [4.78, 5) is 17.2. The molecule has 156 valence electrons. The van der Waals surface area contributed by atoms with Gasteiger partial charge in [-0.1, -0.05) is 49.7 Å². The zero-order valence-corrected chi connectivity index (χ0v) is 18.1. The maximum absolute atomic E-state index is 12.6. The number of methoxy groups -OCH3 is 1. The summed E-state index contributed by atoms with van der Waals surface area (Å²) in [5, 5.41) is 3.10.